The lowest BCUT2D eigenvalue weighted by Crippen LogP contribution is -2.30. The number of hydrogen-bond acceptors (Lipinski definition) is 5. The van der Waals surface area contributed by atoms with E-state index in [0.29, 0.717) is 22.2 Å². The predicted octanol–water partition coefficient (Wildman–Crippen LogP) is 4.51. The normalized spacial score (nSPS) is 17.7. The average Bonchev–Trinajstić information content (AvgIpc) is 3.42. The van der Waals surface area contributed by atoms with E-state index in [-0.39, 0.29) is 23.2 Å². The van der Waals surface area contributed by atoms with E-state index in [0.717, 1.165) is 31.1 Å². The highest BCUT2D eigenvalue weighted by Gasteiger charge is 2.41. The van der Waals surface area contributed by atoms with Crippen LogP contribution in [-0.4, -0.2) is 43.7 Å². The molecule has 170 valence electrons. The van der Waals surface area contributed by atoms with Crippen LogP contribution in [0.25, 0.3) is 11.3 Å². The van der Waals surface area contributed by atoms with E-state index in [1.165, 1.54) is 12.1 Å². The molecule has 1 aliphatic heterocycles. The zero-order valence-corrected chi connectivity index (χ0v) is 18.7. The summed E-state index contributed by atoms with van der Waals surface area (Å²) in [5.74, 6) is -1.42. The van der Waals surface area contributed by atoms with Gasteiger partial charge in [0.25, 0.3) is 0 Å². The van der Waals surface area contributed by atoms with Crippen LogP contribution in [0.15, 0.2) is 59.1 Å². The maximum atomic E-state index is 11.5. The molecule has 2 unspecified atom stereocenters. The molecule has 8 nitrogen and oxygen atoms in total. The number of carboxylic acid groups (broad SMARTS) is 2. The fourth-order valence-electron chi connectivity index (χ4n) is 3.97. The van der Waals surface area contributed by atoms with Gasteiger partial charge in [-0.25, -0.2) is 9.59 Å². The van der Waals surface area contributed by atoms with Gasteiger partial charge in [0.2, 0.25) is 0 Å². The Labute approximate surface area is 195 Å². The summed E-state index contributed by atoms with van der Waals surface area (Å²) in [6.07, 6.45) is 3.68. The van der Waals surface area contributed by atoms with Gasteiger partial charge < -0.3 is 24.8 Å². The minimum Gasteiger partial charge on any atom is -0.478 e. The third-order valence-corrected chi connectivity index (χ3v) is 5.93. The molecule has 2 atom stereocenters. The standard InChI is InChI=1S/C24H23N3O5S/c1-2-3-10-27-21(20(26-24(27)33)17-6-4-5-9-25-17)19-8-7-18(32-19)14-11-15(22(28)29)13-16(12-14)23(30)31/h4-9,11-13,20-21H,2-3,10H2,1H3,(H,26,33)(H,28,29)(H,30,31). The highest BCUT2D eigenvalue weighted by atomic mass is 32.1. The number of rotatable bonds is 8. The largest absolute Gasteiger partial charge is 0.478 e. The summed E-state index contributed by atoms with van der Waals surface area (Å²) in [5, 5.41) is 22.7. The number of aromatic nitrogens is 1. The van der Waals surface area contributed by atoms with Crippen molar-refractivity contribution in [3.63, 3.8) is 0 Å². The summed E-state index contributed by atoms with van der Waals surface area (Å²) in [4.78, 5) is 29.6. The molecule has 3 aromatic rings. The number of aromatic carboxylic acids is 2. The molecular weight excluding hydrogens is 442 g/mol. The second-order valence-corrected chi connectivity index (χ2v) is 8.17. The van der Waals surface area contributed by atoms with Crippen LogP contribution in [0.4, 0.5) is 0 Å². The number of pyridine rings is 1. The van der Waals surface area contributed by atoms with E-state index in [1.807, 2.05) is 24.3 Å². The number of carboxylic acids is 2. The van der Waals surface area contributed by atoms with Gasteiger partial charge in [-0.3, -0.25) is 4.98 Å². The molecular formula is C24H23N3O5S. The highest BCUT2D eigenvalue weighted by Crippen LogP contribution is 2.40. The maximum Gasteiger partial charge on any atom is 0.335 e. The molecule has 9 heteroatoms. The summed E-state index contributed by atoms with van der Waals surface area (Å²) >= 11 is 5.61. The molecule has 33 heavy (non-hydrogen) atoms. The summed E-state index contributed by atoms with van der Waals surface area (Å²) in [5.41, 5.74) is 0.953. The highest BCUT2D eigenvalue weighted by molar-refractivity contribution is 7.80. The molecule has 1 saturated heterocycles. The summed E-state index contributed by atoms with van der Waals surface area (Å²) < 4.78 is 6.18. The number of thiocarbonyl (C=S) groups is 1. The van der Waals surface area contributed by atoms with Gasteiger partial charge in [-0.15, -0.1) is 0 Å². The quantitative estimate of drug-likeness (QED) is 0.413. The van der Waals surface area contributed by atoms with Gasteiger partial charge >= 0.3 is 11.9 Å². The number of hydrogen-bond donors (Lipinski definition) is 3. The monoisotopic (exact) mass is 465 g/mol. The van der Waals surface area contributed by atoms with Gasteiger partial charge in [-0.2, -0.15) is 0 Å². The first-order valence-electron chi connectivity index (χ1n) is 10.6. The molecule has 3 N–H and O–H groups in total. The summed E-state index contributed by atoms with van der Waals surface area (Å²) in [6.45, 7) is 2.85. The van der Waals surface area contributed by atoms with Crippen LogP contribution in [-0.2, 0) is 0 Å². The van der Waals surface area contributed by atoms with Crippen molar-refractivity contribution >= 4 is 29.3 Å². The second-order valence-electron chi connectivity index (χ2n) is 7.78. The average molecular weight is 466 g/mol. The van der Waals surface area contributed by atoms with Gasteiger partial charge in [0, 0.05) is 18.3 Å². The molecule has 0 spiro atoms. The van der Waals surface area contributed by atoms with Crippen LogP contribution in [0.1, 0.15) is 64.0 Å². The first-order chi connectivity index (χ1) is 15.9. The number of nitrogens with one attached hydrogen (secondary N) is 1. The predicted molar refractivity (Wildman–Crippen MR) is 125 cm³/mol. The molecule has 0 amide bonds. The van der Waals surface area contributed by atoms with E-state index in [4.69, 9.17) is 16.6 Å². The molecule has 3 heterocycles. The Kier molecular flexibility index (Phi) is 6.41. The zero-order valence-electron chi connectivity index (χ0n) is 17.9. The molecule has 1 fully saturated rings. The van der Waals surface area contributed by atoms with Crippen molar-refractivity contribution in [2.75, 3.05) is 6.54 Å². The van der Waals surface area contributed by atoms with Gasteiger partial charge in [0.05, 0.1) is 22.9 Å². The van der Waals surface area contributed by atoms with Gasteiger partial charge in [0.15, 0.2) is 5.11 Å². The number of carbonyl (C=O) groups is 2. The van der Waals surface area contributed by atoms with Crippen LogP contribution in [0, 0.1) is 0 Å². The van der Waals surface area contributed by atoms with E-state index >= 15 is 0 Å². The molecule has 0 saturated carbocycles. The molecule has 1 aromatic carbocycles. The number of furan rings is 1. The van der Waals surface area contributed by atoms with Gasteiger partial charge in [0.1, 0.15) is 17.6 Å². The Balaban J connectivity index is 1.75. The zero-order chi connectivity index (χ0) is 23.5. The lowest BCUT2D eigenvalue weighted by Gasteiger charge is -2.25. The van der Waals surface area contributed by atoms with Crippen molar-refractivity contribution in [1.82, 2.24) is 15.2 Å². The van der Waals surface area contributed by atoms with Crippen LogP contribution in [0.2, 0.25) is 0 Å². The van der Waals surface area contributed by atoms with Crippen LogP contribution in [0.3, 0.4) is 0 Å². The van der Waals surface area contributed by atoms with E-state index in [1.54, 1.807) is 12.3 Å². The lowest BCUT2D eigenvalue weighted by atomic mass is 10.0. The molecule has 0 bridgehead atoms. The van der Waals surface area contributed by atoms with E-state index in [9.17, 15) is 19.8 Å². The van der Waals surface area contributed by atoms with Crippen LogP contribution in [0.5, 0.6) is 0 Å². The SMILES string of the molecule is CCCCN1C(=S)NC(c2ccccn2)C1c1ccc(-c2cc(C(=O)O)cc(C(=O)O)c2)o1. The second kappa shape index (κ2) is 9.41. The van der Waals surface area contributed by atoms with Crippen molar-refractivity contribution in [3.05, 3.63) is 77.3 Å². The van der Waals surface area contributed by atoms with Crippen molar-refractivity contribution in [2.24, 2.45) is 0 Å². The first kappa shape index (κ1) is 22.5. The number of unbranched alkanes of at least 4 members (excludes halogenated alkanes) is 1. The smallest absolute Gasteiger partial charge is 0.335 e. The third kappa shape index (κ3) is 4.58. The van der Waals surface area contributed by atoms with Crippen molar-refractivity contribution in [2.45, 2.75) is 31.8 Å². The fourth-order valence-corrected chi connectivity index (χ4v) is 4.30. The third-order valence-electron chi connectivity index (χ3n) is 5.58. The van der Waals surface area contributed by atoms with E-state index < -0.39 is 11.9 Å². The number of benzene rings is 1. The molecule has 4 rings (SSSR count). The molecule has 1 aliphatic rings. The van der Waals surface area contributed by atoms with E-state index in [2.05, 4.69) is 22.1 Å². The Morgan fingerprint density at radius 3 is 2.45 bits per heavy atom. The topological polar surface area (TPSA) is 116 Å². The fraction of sp³-hybridized carbons (Fsp3) is 0.250. The Bertz CT molecular complexity index is 1160. The minimum absolute atomic E-state index is 0.123. The van der Waals surface area contributed by atoms with Crippen LogP contribution >= 0.6 is 12.2 Å². The van der Waals surface area contributed by atoms with Crippen LogP contribution < -0.4 is 5.32 Å². The van der Waals surface area contributed by atoms with Crippen molar-refractivity contribution in [1.29, 1.82) is 0 Å². The first-order valence-corrected chi connectivity index (χ1v) is 11.0. The molecule has 2 aromatic heterocycles. The van der Waals surface area contributed by atoms with Gasteiger partial charge in [-0.05, 0) is 61.1 Å². The van der Waals surface area contributed by atoms with Crippen molar-refractivity contribution < 1.29 is 24.2 Å². The summed E-state index contributed by atoms with van der Waals surface area (Å²) in [6, 6.07) is 12.7. The summed E-state index contributed by atoms with van der Waals surface area (Å²) in [7, 11) is 0. The van der Waals surface area contributed by atoms with Gasteiger partial charge in [-0.1, -0.05) is 19.4 Å². The Morgan fingerprint density at radius 2 is 1.85 bits per heavy atom. The molecule has 0 radical (unpaired) electrons. The lowest BCUT2D eigenvalue weighted by molar-refractivity contribution is 0.0696. The molecule has 0 aliphatic carbocycles. The Hall–Kier alpha value is -3.72. The minimum atomic E-state index is -1.21. The Morgan fingerprint density at radius 1 is 1.12 bits per heavy atom. The maximum absolute atomic E-state index is 11.5. The number of nitrogens with zero attached hydrogens (tertiary/aromatic N) is 2. The van der Waals surface area contributed by atoms with Crippen molar-refractivity contribution in [3.8, 4) is 11.3 Å².